The van der Waals surface area contributed by atoms with Gasteiger partial charge in [0.1, 0.15) is 5.82 Å². The number of nitrogens with two attached hydrogens (primary N) is 1. The first-order chi connectivity index (χ1) is 8.11. The van der Waals surface area contributed by atoms with Crippen molar-refractivity contribution in [2.45, 2.75) is 25.3 Å². The normalized spacial score (nSPS) is 20.2. The molecule has 0 aliphatic carbocycles. The summed E-state index contributed by atoms with van der Waals surface area (Å²) in [4.78, 5) is 26.5. The summed E-state index contributed by atoms with van der Waals surface area (Å²) in [6, 6.07) is 1.21. The number of hydrogen-bond donors (Lipinski definition) is 2. The fraction of sp³-hybridized carbons (Fsp3) is 0.364. The number of carbonyl (C=O) groups excluding carboxylic acids is 2. The van der Waals surface area contributed by atoms with Gasteiger partial charge in [0.05, 0.1) is 11.6 Å². The number of rotatable bonds is 2. The average Bonchev–Trinajstić information content (AvgIpc) is 2.29. The monoisotopic (exact) mass is 237 g/mol. The number of hydrogen-bond acceptors (Lipinski definition) is 4. The van der Waals surface area contributed by atoms with Crippen LogP contribution < -0.4 is 11.1 Å². The van der Waals surface area contributed by atoms with Gasteiger partial charge in [0.25, 0.3) is 0 Å². The molecule has 1 aromatic heterocycles. The minimum atomic E-state index is -0.561. The summed E-state index contributed by atoms with van der Waals surface area (Å²) in [5.41, 5.74) is 5.96. The first-order valence-electron chi connectivity index (χ1n) is 5.30. The van der Waals surface area contributed by atoms with Crippen LogP contribution in [0, 0.1) is 5.82 Å². The van der Waals surface area contributed by atoms with Crippen LogP contribution in [0.25, 0.3) is 0 Å². The SMILES string of the molecule is NCc1cnc(C2CCC(=O)NC2=O)cc1F. The van der Waals surface area contributed by atoms with Gasteiger partial charge in [-0.05, 0) is 12.5 Å². The maximum Gasteiger partial charge on any atom is 0.235 e. The highest BCUT2D eigenvalue weighted by Gasteiger charge is 2.29. The van der Waals surface area contributed by atoms with Crippen LogP contribution in [0.1, 0.15) is 30.0 Å². The maximum atomic E-state index is 13.5. The van der Waals surface area contributed by atoms with Crippen molar-refractivity contribution in [3.63, 3.8) is 0 Å². The van der Waals surface area contributed by atoms with Gasteiger partial charge in [0, 0.05) is 24.7 Å². The second-order valence-corrected chi connectivity index (χ2v) is 3.91. The smallest absolute Gasteiger partial charge is 0.235 e. The Morgan fingerprint density at radius 1 is 1.53 bits per heavy atom. The molecule has 17 heavy (non-hydrogen) atoms. The Hall–Kier alpha value is -1.82. The predicted molar refractivity (Wildman–Crippen MR) is 57.2 cm³/mol. The third-order valence-electron chi connectivity index (χ3n) is 2.77. The highest BCUT2D eigenvalue weighted by Crippen LogP contribution is 2.24. The van der Waals surface area contributed by atoms with E-state index in [1.807, 2.05) is 0 Å². The fourth-order valence-corrected chi connectivity index (χ4v) is 1.79. The van der Waals surface area contributed by atoms with Crippen LogP contribution in [0.2, 0.25) is 0 Å². The number of carbonyl (C=O) groups is 2. The lowest BCUT2D eigenvalue weighted by Crippen LogP contribution is -2.39. The molecule has 1 aliphatic rings. The van der Waals surface area contributed by atoms with Crippen LogP contribution in [0.5, 0.6) is 0 Å². The number of imide groups is 1. The van der Waals surface area contributed by atoms with Crippen LogP contribution in [-0.2, 0) is 16.1 Å². The van der Waals surface area contributed by atoms with Crippen molar-refractivity contribution in [3.8, 4) is 0 Å². The van der Waals surface area contributed by atoms with Gasteiger partial charge >= 0.3 is 0 Å². The molecule has 2 rings (SSSR count). The van der Waals surface area contributed by atoms with E-state index in [1.54, 1.807) is 0 Å². The summed E-state index contributed by atoms with van der Waals surface area (Å²) >= 11 is 0. The molecule has 2 amide bonds. The molecule has 0 saturated carbocycles. The quantitative estimate of drug-likeness (QED) is 0.719. The molecule has 1 saturated heterocycles. The summed E-state index contributed by atoms with van der Waals surface area (Å²) in [5.74, 6) is -1.75. The van der Waals surface area contributed by atoms with Crippen molar-refractivity contribution < 1.29 is 14.0 Å². The van der Waals surface area contributed by atoms with Gasteiger partial charge in [0.2, 0.25) is 11.8 Å². The van der Waals surface area contributed by atoms with E-state index in [4.69, 9.17) is 5.73 Å². The molecule has 0 radical (unpaired) electrons. The van der Waals surface area contributed by atoms with Crippen LogP contribution in [0.3, 0.4) is 0 Å². The van der Waals surface area contributed by atoms with Crippen LogP contribution in [0.4, 0.5) is 4.39 Å². The van der Waals surface area contributed by atoms with Gasteiger partial charge < -0.3 is 5.73 Å². The van der Waals surface area contributed by atoms with Crippen molar-refractivity contribution in [3.05, 3.63) is 29.3 Å². The molecule has 2 heterocycles. The van der Waals surface area contributed by atoms with Gasteiger partial charge in [-0.15, -0.1) is 0 Å². The Kier molecular flexibility index (Phi) is 3.14. The predicted octanol–water partition coefficient (Wildman–Crippen LogP) is 0.200. The lowest BCUT2D eigenvalue weighted by atomic mass is 9.94. The van der Waals surface area contributed by atoms with E-state index in [-0.39, 0.29) is 18.9 Å². The zero-order valence-corrected chi connectivity index (χ0v) is 9.07. The van der Waals surface area contributed by atoms with Crippen molar-refractivity contribution in [2.24, 2.45) is 5.73 Å². The lowest BCUT2D eigenvalue weighted by molar-refractivity contribution is -0.134. The number of piperidine rings is 1. The molecule has 0 spiro atoms. The molecule has 5 nitrogen and oxygen atoms in total. The summed E-state index contributed by atoms with van der Waals surface area (Å²) in [5, 5.41) is 2.21. The Bertz CT molecular complexity index is 476. The van der Waals surface area contributed by atoms with Crippen molar-refractivity contribution in [1.82, 2.24) is 10.3 Å². The first kappa shape index (κ1) is 11.7. The average molecular weight is 237 g/mol. The maximum absolute atomic E-state index is 13.5. The molecule has 1 unspecified atom stereocenters. The number of aromatic nitrogens is 1. The van der Waals surface area contributed by atoms with Gasteiger partial charge in [-0.2, -0.15) is 0 Å². The number of halogens is 1. The molecule has 1 aliphatic heterocycles. The van der Waals surface area contributed by atoms with Gasteiger partial charge in [0.15, 0.2) is 0 Å². The molecule has 1 fully saturated rings. The van der Waals surface area contributed by atoms with Crippen LogP contribution in [-0.4, -0.2) is 16.8 Å². The Morgan fingerprint density at radius 2 is 2.29 bits per heavy atom. The zero-order valence-electron chi connectivity index (χ0n) is 9.07. The Morgan fingerprint density at radius 3 is 2.88 bits per heavy atom. The van der Waals surface area contributed by atoms with Crippen LogP contribution in [0.15, 0.2) is 12.3 Å². The molecule has 0 aromatic carbocycles. The summed E-state index contributed by atoms with van der Waals surface area (Å²) in [6.45, 7) is 0.0640. The van der Waals surface area contributed by atoms with E-state index in [2.05, 4.69) is 10.3 Å². The minimum Gasteiger partial charge on any atom is -0.326 e. The van der Waals surface area contributed by atoms with E-state index in [9.17, 15) is 14.0 Å². The van der Waals surface area contributed by atoms with E-state index in [1.165, 1.54) is 12.3 Å². The highest BCUT2D eigenvalue weighted by atomic mass is 19.1. The van der Waals surface area contributed by atoms with Gasteiger partial charge in [-0.25, -0.2) is 4.39 Å². The topological polar surface area (TPSA) is 85.1 Å². The van der Waals surface area contributed by atoms with E-state index in [0.717, 1.165) is 0 Å². The van der Waals surface area contributed by atoms with Crippen molar-refractivity contribution in [1.29, 1.82) is 0 Å². The molecular weight excluding hydrogens is 225 g/mol. The lowest BCUT2D eigenvalue weighted by Gasteiger charge is -2.20. The zero-order chi connectivity index (χ0) is 12.4. The first-order valence-corrected chi connectivity index (χ1v) is 5.30. The second-order valence-electron chi connectivity index (χ2n) is 3.91. The Balaban J connectivity index is 2.25. The fourth-order valence-electron chi connectivity index (χ4n) is 1.79. The number of nitrogens with one attached hydrogen (secondary N) is 1. The number of amides is 2. The molecular formula is C11H12FN3O2. The highest BCUT2D eigenvalue weighted by molar-refractivity contribution is 6.00. The van der Waals surface area contributed by atoms with Crippen molar-refractivity contribution in [2.75, 3.05) is 0 Å². The molecule has 3 N–H and O–H groups in total. The Labute approximate surface area is 97.2 Å². The molecule has 6 heteroatoms. The van der Waals surface area contributed by atoms with E-state index in [0.29, 0.717) is 17.7 Å². The molecule has 90 valence electrons. The summed E-state index contributed by atoms with van der Waals surface area (Å²) in [7, 11) is 0. The van der Waals surface area contributed by atoms with E-state index < -0.39 is 17.6 Å². The van der Waals surface area contributed by atoms with Crippen molar-refractivity contribution >= 4 is 11.8 Å². The molecule has 0 bridgehead atoms. The van der Waals surface area contributed by atoms with E-state index >= 15 is 0 Å². The number of pyridine rings is 1. The summed E-state index contributed by atoms with van der Waals surface area (Å²) in [6.07, 6.45) is 1.94. The standard InChI is InChI=1S/C11H12FN3O2/c12-8-3-9(14-5-6(8)4-13)7-1-2-10(16)15-11(7)17/h3,5,7H,1-2,4,13H2,(H,15,16,17). The second kappa shape index (κ2) is 4.58. The van der Waals surface area contributed by atoms with Gasteiger partial charge in [-0.1, -0.05) is 0 Å². The molecule has 1 atom stereocenters. The number of nitrogens with zero attached hydrogens (tertiary/aromatic N) is 1. The molecule has 1 aromatic rings. The summed E-state index contributed by atoms with van der Waals surface area (Å²) < 4.78 is 13.5. The minimum absolute atomic E-state index is 0.0640. The third kappa shape index (κ3) is 2.31. The van der Waals surface area contributed by atoms with Crippen LogP contribution >= 0.6 is 0 Å². The van der Waals surface area contributed by atoms with Gasteiger partial charge in [-0.3, -0.25) is 19.9 Å². The largest absolute Gasteiger partial charge is 0.326 e. The third-order valence-corrected chi connectivity index (χ3v) is 2.77.